The van der Waals surface area contributed by atoms with Gasteiger partial charge in [-0.25, -0.2) is 0 Å². The lowest BCUT2D eigenvalue weighted by atomic mass is 9.52. The van der Waals surface area contributed by atoms with Crippen molar-refractivity contribution in [3.63, 3.8) is 0 Å². The van der Waals surface area contributed by atoms with Crippen molar-refractivity contribution < 1.29 is 9.90 Å². The van der Waals surface area contributed by atoms with E-state index < -0.39 is 0 Å². The monoisotopic (exact) mass is 299 g/mol. The lowest BCUT2D eigenvalue weighted by molar-refractivity contribution is -0.120. The summed E-state index contributed by atoms with van der Waals surface area (Å²) < 4.78 is 0. The molecule has 1 saturated carbocycles. The third-order valence-electron chi connectivity index (χ3n) is 6.36. The zero-order valence-corrected chi connectivity index (χ0v) is 13.3. The fourth-order valence-electron chi connectivity index (χ4n) is 5.55. The van der Waals surface area contributed by atoms with Gasteiger partial charge in [-0.1, -0.05) is 18.9 Å². The van der Waals surface area contributed by atoms with Crippen LogP contribution in [0.2, 0.25) is 0 Å². The van der Waals surface area contributed by atoms with Crippen LogP contribution in [0.3, 0.4) is 0 Å². The fraction of sp³-hybridized carbons (Fsp3) is 0.632. The van der Waals surface area contributed by atoms with Crippen molar-refractivity contribution in [2.45, 2.75) is 56.9 Å². The van der Waals surface area contributed by atoms with Crippen LogP contribution in [0.4, 0.5) is 0 Å². The molecule has 0 amide bonds. The number of aromatic hydroxyl groups is 1. The van der Waals surface area contributed by atoms with Gasteiger partial charge in [0.2, 0.25) is 0 Å². The maximum atomic E-state index is 11.6. The predicted octanol–water partition coefficient (Wildman–Crippen LogP) is 3.04. The second-order valence-electron chi connectivity index (χ2n) is 7.54. The molecule has 118 valence electrons. The van der Waals surface area contributed by atoms with Gasteiger partial charge in [0, 0.05) is 11.5 Å². The van der Waals surface area contributed by atoms with E-state index in [9.17, 15) is 9.90 Å². The van der Waals surface area contributed by atoms with E-state index in [4.69, 9.17) is 0 Å². The average Bonchev–Trinajstić information content (AvgIpc) is 2.50. The van der Waals surface area contributed by atoms with E-state index in [1.807, 2.05) is 12.1 Å². The molecule has 0 aromatic heterocycles. The topological polar surface area (TPSA) is 40.5 Å². The number of phenolic OH excluding ortho intramolecular Hbond substituents is 1. The van der Waals surface area contributed by atoms with E-state index >= 15 is 0 Å². The number of piperidine rings is 1. The van der Waals surface area contributed by atoms with E-state index in [1.165, 1.54) is 36.8 Å². The molecule has 3 nitrogen and oxygen atoms in total. The lowest BCUT2D eigenvalue weighted by Gasteiger charge is -2.59. The zero-order chi connectivity index (χ0) is 15.3. The highest BCUT2D eigenvalue weighted by Gasteiger charge is 2.53. The smallest absolute Gasteiger partial charge is 0.143 e. The number of benzene rings is 1. The van der Waals surface area contributed by atoms with E-state index in [-0.39, 0.29) is 11.2 Å². The number of likely N-dealkylation sites (tertiary alicyclic amines) is 1. The summed E-state index contributed by atoms with van der Waals surface area (Å²) in [6.07, 6.45) is 7.30. The Balaban J connectivity index is 1.80. The largest absolute Gasteiger partial charge is 0.508 e. The Morgan fingerprint density at radius 2 is 2.23 bits per heavy atom. The molecule has 2 bridgehead atoms. The Bertz CT molecular complexity index is 611. The summed E-state index contributed by atoms with van der Waals surface area (Å²) in [5.74, 6) is 1.34. The Kier molecular flexibility index (Phi) is 3.30. The van der Waals surface area contributed by atoms with Crippen molar-refractivity contribution in [1.29, 1.82) is 0 Å². The molecule has 3 atom stereocenters. The van der Waals surface area contributed by atoms with Gasteiger partial charge in [-0.2, -0.15) is 0 Å². The number of Topliss-reactive ketones (excluding diaryl/α,β-unsaturated/α-hetero) is 1. The van der Waals surface area contributed by atoms with Gasteiger partial charge in [0.05, 0.1) is 6.54 Å². The first-order chi connectivity index (χ1) is 10.6. The number of carbonyl (C=O) groups is 1. The van der Waals surface area contributed by atoms with Gasteiger partial charge in [-0.15, -0.1) is 0 Å². The minimum atomic E-state index is 0.253. The maximum absolute atomic E-state index is 11.6. The van der Waals surface area contributed by atoms with Crippen LogP contribution in [0.5, 0.6) is 5.75 Å². The summed E-state index contributed by atoms with van der Waals surface area (Å²) >= 11 is 0. The van der Waals surface area contributed by atoms with Crippen LogP contribution in [0, 0.1) is 5.92 Å². The van der Waals surface area contributed by atoms with Crippen LogP contribution in [-0.2, 0) is 16.6 Å². The molecule has 3 aliphatic rings. The molecule has 1 heterocycles. The number of phenols is 1. The number of fused-ring (bicyclic) bond motifs is 1. The molecule has 22 heavy (non-hydrogen) atoms. The molecule has 3 unspecified atom stereocenters. The first kappa shape index (κ1) is 14.3. The number of carbonyl (C=O) groups excluding carboxylic acids is 1. The SMILES string of the molecule is CC(=O)CN1CCC23CCCCC2C1Cc1ccc(O)cc13. The molecule has 1 saturated heterocycles. The van der Waals surface area contributed by atoms with E-state index in [2.05, 4.69) is 11.0 Å². The van der Waals surface area contributed by atoms with Gasteiger partial charge in [-0.05, 0) is 68.3 Å². The Labute approximate surface area is 132 Å². The number of nitrogens with zero attached hydrogens (tertiary/aromatic N) is 1. The fourth-order valence-corrected chi connectivity index (χ4v) is 5.55. The third kappa shape index (κ3) is 2.02. The summed E-state index contributed by atoms with van der Waals surface area (Å²) in [5.41, 5.74) is 3.06. The number of hydrogen-bond donors (Lipinski definition) is 1. The van der Waals surface area contributed by atoms with E-state index in [0.29, 0.717) is 24.3 Å². The van der Waals surface area contributed by atoms with Crippen LogP contribution in [0.15, 0.2) is 18.2 Å². The molecule has 1 N–H and O–H groups in total. The molecule has 0 spiro atoms. The molecule has 2 aliphatic carbocycles. The second-order valence-corrected chi connectivity index (χ2v) is 7.54. The van der Waals surface area contributed by atoms with Gasteiger partial charge in [0.15, 0.2) is 0 Å². The number of hydrogen-bond acceptors (Lipinski definition) is 3. The third-order valence-corrected chi connectivity index (χ3v) is 6.36. The van der Waals surface area contributed by atoms with Crippen molar-refractivity contribution in [3.8, 4) is 5.75 Å². The van der Waals surface area contributed by atoms with Crippen LogP contribution < -0.4 is 0 Å². The number of ketones is 1. The van der Waals surface area contributed by atoms with E-state index in [0.717, 1.165) is 19.4 Å². The molecule has 1 aromatic rings. The Morgan fingerprint density at radius 3 is 3.05 bits per heavy atom. The van der Waals surface area contributed by atoms with Crippen LogP contribution >= 0.6 is 0 Å². The van der Waals surface area contributed by atoms with Gasteiger partial charge >= 0.3 is 0 Å². The average molecular weight is 299 g/mol. The number of rotatable bonds is 2. The summed E-state index contributed by atoms with van der Waals surface area (Å²) in [6.45, 7) is 3.33. The van der Waals surface area contributed by atoms with Crippen molar-refractivity contribution in [2.24, 2.45) is 5.92 Å². The van der Waals surface area contributed by atoms with Crippen LogP contribution in [0.1, 0.15) is 50.2 Å². The Morgan fingerprint density at radius 1 is 1.36 bits per heavy atom. The Hall–Kier alpha value is -1.35. The summed E-state index contributed by atoms with van der Waals surface area (Å²) in [4.78, 5) is 14.1. The van der Waals surface area contributed by atoms with Crippen LogP contribution in [-0.4, -0.2) is 34.9 Å². The summed E-state index contributed by atoms with van der Waals surface area (Å²) in [7, 11) is 0. The van der Waals surface area contributed by atoms with Gasteiger partial charge < -0.3 is 5.11 Å². The highest BCUT2D eigenvalue weighted by atomic mass is 16.3. The van der Waals surface area contributed by atoms with Crippen molar-refractivity contribution in [3.05, 3.63) is 29.3 Å². The first-order valence-corrected chi connectivity index (χ1v) is 8.66. The second kappa shape index (κ2) is 5.09. The van der Waals surface area contributed by atoms with Crippen molar-refractivity contribution in [1.82, 2.24) is 4.90 Å². The predicted molar refractivity (Wildman–Crippen MR) is 86.1 cm³/mol. The van der Waals surface area contributed by atoms with Gasteiger partial charge in [-0.3, -0.25) is 9.69 Å². The standard InChI is InChI=1S/C19H25NO2/c1-13(21)12-20-9-8-19-7-3-2-4-16(19)18(20)10-14-5-6-15(22)11-17(14)19/h5-6,11,16,18,22H,2-4,7-10,12H2,1H3. The van der Waals surface area contributed by atoms with Gasteiger partial charge in [0.25, 0.3) is 0 Å². The highest BCUT2D eigenvalue weighted by Crippen LogP contribution is 2.56. The quantitative estimate of drug-likeness (QED) is 0.912. The molecule has 3 heteroatoms. The molecular weight excluding hydrogens is 274 g/mol. The summed E-state index contributed by atoms with van der Waals surface area (Å²) in [5, 5.41) is 9.99. The molecule has 1 aromatic carbocycles. The minimum absolute atomic E-state index is 0.253. The van der Waals surface area contributed by atoms with Crippen molar-refractivity contribution >= 4 is 5.78 Å². The lowest BCUT2D eigenvalue weighted by Crippen LogP contribution is -2.61. The zero-order valence-electron chi connectivity index (χ0n) is 13.3. The van der Waals surface area contributed by atoms with Crippen molar-refractivity contribution in [2.75, 3.05) is 13.1 Å². The molecule has 4 rings (SSSR count). The normalized spacial score (nSPS) is 33.9. The first-order valence-electron chi connectivity index (χ1n) is 8.66. The van der Waals surface area contributed by atoms with Gasteiger partial charge in [0.1, 0.15) is 11.5 Å². The molecule has 1 aliphatic heterocycles. The van der Waals surface area contributed by atoms with Crippen LogP contribution in [0.25, 0.3) is 0 Å². The minimum Gasteiger partial charge on any atom is -0.508 e. The summed E-state index contributed by atoms with van der Waals surface area (Å²) in [6, 6.07) is 6.48. The maximum Gasteiger partial charge on any atom is 0.143 e. The highest BCUT2D eigenvalue weighted by molar-refractivity contribution is 5.77. The van der Waals surface area contributed by atoms with E-state index in [1.54, 1.807) is 6.92 Å². The molecule has 2 fully saturated rings. The molecular formula is C19H25NO2. The molecule has 0 radical (unpaired) electrons.